The molecule has 4 heteroatoms. The Balaban J connectivity index is 2.09. The molecule has 0 aliphatic heterocycles. The second kappa shape index (κ2) is 7.77. The summed E-state index contributed by atoms with van der Waals surface area (Å²) >= 11 is 0. The van der Waals surface area contributed by atoms with Gasteiger partial charge in [0.15, 0.2) is 0 Å². The maximum atomic E-state index is 12.2. The van der Waals surface area contributed by atoms with Crippen molar-refractivity contribution in [3.63, 3.8) is 0 Å². The van der Waals surface area contributed by atoms with Crippen LogP contribution in [0.25, 0.3) is 11.3 Å². The lowest BCUT2D eigenvalue weighted by molar-refractivity contribution is 0.0935. The van der Waals surface area contributed by atoms with Crippen LogP contribution in [0.5, 0.6) is 0 Å². The average molecular weight is 312 g/mol. The minimum absolute atomic E-state index is 0.0538. The van der Waals surface area contributed by atoms with Crippen LogP contribution in [-0.4, -0.2) is 16.9 Å². The zero-order chi connectivity index (χ0) is 16.8. The maximum Gasteiger partial charge on any atom is 0.261 e. The summed E-state index contributed by atoms with van der Waals surface area (Å²) in [6.45, 7) is 6.27. The summed E-state index contributed by atoms with van der Waals surface area (Å²) in [6.07, 6.45) is 1.95. The minimum Gasteiger partial charge on any atom is -0.349 e. The van der Waals surface area contributed by atoms with E-state index in [1.807, 2.05) is 37.3 Å². The van der Waals surface area contributed by atoms with Crippen LogP contribution >= 0.6 is 0 Å². The van der Waals surface area contributed by atoms with E-state index < -0.39 is 0 Å². The summed E-state index contributed by atoms with van der Waals surface area (Å²) in [5.41, 5.74) is 1.42. The lowest BCUT2D eigenvalue weighted by atomic mass is 10.0. The summed E-state index contributed by atoms with van der Waals surface area (Å²) in [6, 6.07) is 13.0. The number of benzene rings is 1. The molecule has 1 amide bonds. The van der Waals surface area contributed by atoms with Crippen LogP contribution in [0, 0.1) is 5.92 Å². The predicted octanol–water partition coefficient (Wildman–Crippen LogP) is 3.60. The number of carbonyl (C=O) groups is 1. The Hall–Kier alpha value is -2.36. The number of carbonyl (C=O) groups excluding carboxylic acids is 1. The summed E-state index contributed by atoms with van der Waals surface area (Å²) in [4.78, 5) is 27.2. The molecule has 0 bridgehead atoms. The Morgan fingerprint density at radius 2 is 1.74 bits per heavy atom. The van der Waals surface area contributed by atoms with Crippen molar-refractivity contribution in [3.05, 3.63) is 58.4 Å². The standard InChI is InChI=1S/C19H24N2O2/c1-13(2)9-10-14(3)20-18(22)16-11-12-17(21-19(16)23)15-7-5-4-6-8-15/h4-8,11-14H,9-10H2,1-3H3,(H,20,22)(H,21,23)/t14-/m0/s1. The minimum atomic E-state index is -0.361. The smallest absolute Gasteiger partial charge is 0.261 e. The molecule has 0 fully saturated rings. The first-order valence-electron chi connectivity index (χ1n) is 8.07. The van der Waals surface area contributed by atoms with Gasteiger partial charge in [-0.1, -0.05) is 44.2 Å². The summed E-state index contributed by atoms with van der Waals surface area (Å²) in [7, 11) is 0. The van der Waals surface area contributed by atoms with Gasteiger partial charge >= 0.3 is 0 Å². The zero-order valence-electron chi connectivity index (χ0n) is 13.9. The highest BCUT2D eigenvalue weighted by Gasteiger charge is 2.14. The van der Waals surface area contributed by atoms with E-state index in [2.05, 4.69) is 24.1 Å². The molecule has 4 nitrogen and oxygen atoms in total. The lowest BCUT2D eigenvalue weighted by Crippen LogP contribution is -2.36. The van der Waals surface area contributed by atoms with Gasteiger partial charge in [-0.2, -0.15) is 0 Å². The quantitative estimate of drug-likeness (QED) is 0.856. The van der Waals surface area contributed by atoms with E-state index in [4.69, 9.17) is 0 Å². The van der Waals surface area contributed by atoms with Crippen LogP contribution in [-0.2, 0) is 0 Å². The molecule has 0 spiro atoms. The van der Waals surface area contributed by atoms with Crippen molar-refractivity contribution in [3.8, 4) is 11.3 Å². The molecule has 122 valence electrons. The third-order valence-corrected chi connectivity index (χ3v) is 3.79. The van der Waals surface area contributed by atoms with Crippen LogP contribution in [0.1, 0.15) is 44.0 Å². The highest BCUT2D eigenvalue weighted by Crippen LogP contribution is 2.14. The number of rotatable bonds is 6. The van der Waals surface area contributed by atoms with Crippen molar-refractivity contribution in [1.82, 2.24) is 10.3 Å². The normalized spacial score (nSPS) is 12.2. The van der Waals surface area contributed by atoms with Crippen LogP contribution in [0.3, 0.4) is 0 Å². The van der Waals surface area contributed by atoms with Gasteiger partial charge in [-0.15, -0.1) is 0 Å². The van der Waals surface area contributed by atoms with Gasteiger partial charge < -0.3 is 10.3 Å². The summed E-state index contributed by atoms with van der Waals surface area (Å²) in [5, 5.41) is 2.89. The van der Waals surface area contributed by atoms with Crippen molar-refractivity contribution in [2.75, 3.05) is 0 Å². The van der Waals surface area contributed by atoms with E-state index in [9.17, 15) is 9.59 Å². The largest absolute Gasteiger partial charge is 0.349 e. The van der Waals surface area contributed by atoms with Crippen molar-refractivity contribution < 1.29 is 4.79 Å². The van der Waals surface area contributed by atoms with Gasteiger partial charge in [0.25, 0.3) is 11.5 Å². The van der Waals surface area contributed by atoms with Gasteiger partial charge in [-0.05, 0) is 43.4 Å². The molecule has 0 unspecified atom stereocenters. The molecule has 23 heavy (non-hydrogen) atoms. The second-order valence-electron chi connectivity index (χ2n) is 6.33. The van der Waals surface area contributed by atoms with Crippen molar-refractivity contribution in [2.45, 2.75) is 39.7 Å². The number of aromatic nitrogens is 1. The molecule has 0 saturated heterocycles. The fourth-order valence-electron chi connectivity index (χ4n) is 2.40. The first-order chi connectivity index (χ1) is 11.0. The van der Waals surface area contributed by atoms with Gasteiger partial charge in [-0.25, -0.2) is 0 Å². The molecule has 2 aromatic rings. The third kappa shape index (κ3) is 4.81. The van der Waals surface area contributed by atoms with E-state index in [0.717, 1.165) is 18.4 Å². The number of nitrogens with one attached hydrogen (secondary N) is 2. The van der Waals surface area contributed by atoms with E-state index >= 15 is 0 Å². The summed E-state index contributed by atoms with van der Waals surface area (Å²) < 4.78 is 0. The lowest BCUT2D eigenvalue weighted by Gasteiger charge is -2.15. The average Bonchev–Trinajstić information content (AvgIpc) is 2.53. The van der Waals surface area contributed by atoms with Gasteiger partial charge in [0, 0.05) is 11.7 Å². The highest BCUT2D eigenvalue weighted by molar-refractivity contribution is 5.94. The van der Waals surface area contributed by atoms with Crippen molar-refractivity contribution in [2.24, 2.45) is 5.92 Å². The molecular formula is C19H24N2O2. The monoisotopic (exact) mass is 312 g/mol. The van der Waals surface area contributed by atoms with Crippen LogP contribution in [0.2, 0.25) is 0 Å². The number of amides is 1. The second-order valence-corrected chi connectivity index (χ2v) is 6.33. The van der Waals surface area contributed by atoms with Gasteiger partial charge in [0.1, 0.15) is 5.56 Å². The zero-order valence-corrected chi connectivity index (χ0v) is 13.9. The summed E-state index contributed by atoms with van der Waals surface area (Å²) in [5.74, 6) is 0.282. The number of H-pyrrole nitrogens is 1. The third-order valence-electron chi connectivity index (χ3n) is 3.79. The first kappa shape index (κ1) is 17.0. The number of aromatic amines is 1. The van der Waals surface area contributed by atoms with Gasteiger partial charge in [0.2, 0.25) is 0 Å². The Morgan fingerprint density at radius 3 is 2.35 bits per heavy atom. The molecule has 2 rings (SSSR count). The van der Waals surface area contributed by atoms with E-state index in [0.29, 0.717) is 11.6 Å². The topological polar surface area (TPSA) is 62.0 Å². The Bertz CT molecular complexity index is 705. The van der Waals surface area contributed by atoms with Crippen molar-refractivity contribution in [1.29, 1.82) is 0 Å². The van der Waals surface area contributed by atoms with E-state index in [-0.39, 0.29) is 23.1 Å². The van der Waals surface area contributed by atoms with Crippen LogP contribution in [0.4, 0.5) is 0 Å². The molecule has 1 aromatic heterocycles. The van der Waals surface area contributed by atoms with Gasteiger partial charge in [0.05, 0.1) is 0 Å². The molecule has 0 saturated carbocycles. The highest BCUT2D eigenvalue weighted by atomic mass is 16.2. The predicted molar refractivity (Wildman–Crippen MR) is 93.5 cm³/mol. The first-order valence-corrected chi connectivity index (χ1v) is 8.07. The Labute approximate surface area is 137 Å². The van der Waals surface area contributed by atoms with Crippen LogP contribution < -0.4 is 10.9 Å². The van der Waals surface area contributed by atoms with Crippen LogP contribution in [0.15, 0.2) is 47.3 Å². The fraction of sp³-hybridized carbons (Fsp3) is 0.368. The molecule has 1 heterocycles. The fourth-order valence-corrected chi connectivity index (χ4v) is 2.40. The van der Waals surface area contributed by atoms with Gasteiger partial charge in [-0.3, -0.25) is 9.59 Å². The molecule has 2 N–H and O–H groups in total. The number of hydrogen-bond donors (Lipinski definition) is 2. The van der Waals surface area contributed by atoms with E-state index in [1.54, 1.807) is 12.1 Å². The molecule has 1 aromatic carbocycles. The molecule has 1 atom stereocenters. The maximum absolute atomic E-state index is 12.2. The molecule has 0 aliphatic carbocycles. The van der Waals surface area contributed by atoms with Crippen molar-refractivity contribution >= 4 is 5.91 Å². The number of pyridine rings is 1. The number of hydrogen-bond acceptors (Lipinski definition) is 2. The SMILES string of the molecule is CC(C)CC[C@H](C)NC(=O)c1ccc(-c2ccccc2)[nH]c1=O. The molecular weight excluding hydrogens is 288 g/mol. The Morgan fingerprint density at radius 1 is 1.04 bits per heavy atom. The molecule has 0 aliphatic rings. The Kier molecular flexibility index (Phi) is 5.74. The molecule has 0 radical (unpaired) electrons. The van der Waals surface area contributed by atoms with E-state index in [1.165, 1.54) is 0 Å².